The quantitative estimate of drug-likeness (QED) is 0.860. The first-order chi connectivity index (χ1) is 9.69. The van der Waals surface area contributed by atoms with Gasteiger partial charge in [-0.05, 0) is 35.0 Å². The second-order valence-corrected chi connectivity index (χ2v) is 5.78. The number of nitrogens with one attached hydrogen (secondary N) is 1. The maximum absolute atomic E-state index is 4.44. The summed E-state index contributed by atoms with van der Waals surface area (Å²) in [5.41, 5.74) is 2.57. The molecule has 3 nitrogen and oxygen atoms in total. The Morgan fingerprint density at radius 2 is 1.95 bits per heavy atom. The Labute approximate surface area is 129 Å². The van der Waals surface area contributed by atoms with Crippen molar-refractivity contribution in [2.45, 2.75) is 39.3 Å². The van der Waals surface area contributed by atoms with Crippen LogP contribution >= 0.6 is 15.9 Å². The first kappa shape index (κ1) is 15.3. The van der Waals surface area contributed by atoms with Crippen LogP contribution in [0, 0.1) is 0 Å². The molecule has 0 radical (unpaired) electrons. The van der Waals surface area contributed by atoms with Crippen molar-refractivity contribution in [3.63, 3.8) is 0 Å². The molecule has 20 heavy (non-hydrogen) atoms. The fourth-order valence-electron chi connectivity index (χ4n) is 2.61. The highest BCUT2D eigenvalue weighted by Crippen LogP contribution is 2.34. The molecule has 108 valence electrons. The summed E-state index contributed by atoms with van der Waals surface area (Å²) in [6.45, 7) is 8.35. The summed E-state index contributed by atoms with van der Waals surface area (Å²) in [4.78, 5) is 0. The van der Waals surface area contributed by atoms with Crippen LogP contribution in [0.5, 0.6) is 0 Å². The van der Waals surface area contributed by atoms with Gasteiger partial charge in [-0.15, -0.1) is 0 Å². The number of hydrogen-bond donors (Lipinski definition) is 1. The number of rotatable bonds is 6. The Morgan fingerprint density at radius 1 is 1.25 bits per heavy atom. The van der Waals surface area contributed by atoms with Gasteiger partial charge in [0.15, 0.2) is 0 Å². The van der Waals surface area contributed by atoms with E-state index >= 15 is 0 Å². The van der Waals surface area contributed by atoms with Gasteiger partial charge >= 0.3 is 0 Å². The Kier molecular flexibility index (Phi) is 5.38. The number of hydrogen-bond acceptors (Lipinski definition) is 2. The predicted octanol–water partition coefficient (Wildman–Crippen LogP) is 4.12. The molecular weight excluding hydrogens is 314 g/mol. The van der Waals surface area contributed by atoms with Crippen LogP contribution in [0.25, 0.3) is 0 Å². The molecule has 2 aromatic rings. The average molecular weight is 336 g/mol. The van der Waals surface area contributed by atoms with E-state index in [0.29, 0.717) is 5.92 Å². The summed E-state index contributed by atoms with van der Waals surface area (Å²) in [5.74, 6) is 0.384. The van der Waals surface area contributed by atoms with Crippen molar-refractivity contribution in [3.8, 4) is 0 Å². The summed E-state index contributed by atoms with van der Waals surface area (Å²) < 4.78 is 3.14. The normalized spacial score (nSPS) is 14.2. The molecule has 2 rings (SSSR count). The van der Waals surface area contributed by atoms with Crippen LogP contribution in [0.4, 0.5) is 0 Å². The molecule has 2 atom stereocenters. The smallest absolute Gasteiger partial charge is 0.0701 e. The van der Waals surface area contributed by atoms with Gasteiger partial charge < -0.3 is 5.32 Å². The summed E-state index contributed by atoms with van der Waals surface area (Å²) >= 11 is 3.65. The van der Waals surface area contributed by atoms with Crippen molar-refractivity contribution < 1.29 is 0 Å². The zero-order valence-corrected chi connectivity index (χ0v) is 13.9. The average Bonchev–Trinajstić information content (AvgIpc) is 2.86. The van der Waals surface area contributed by atoms with Gasteiger partial charge in [0.1, 0.15) is 0 Å². The molecule has 1 heterocycles. The van der Waals surface area contributed by atoms with Crippen LogP contribution in [0.15, 0.2) is 41.0 Å². The van der Waals surface area contributed by atoms with Gasteiger partial charge in [0, 0.05) is 12.5 Å². The first-order valence-corrected chi connectivity index (χ1v) is 7.97. The SMILES string of the molecule is CCNC(c1c(Br)cnn1CC)C(C)c1ccccc1. The summed E-state index contributed by atoms with van der Waals surface area (Å²) in [7, 11) is 0. The molecule has 0 bridgehead atoms. The molecule has 1 aromatic carbocycles. The van der Waals surface area contributed by atoms with E-state index in [-0.39, 0.29) is 6.04 Å². The van der Waals surface area contributed by atoms with E-state index in [2.05, 4.69) is 82.1 Å². The van der Waals surface area contributed by atoms with E-state index in [9.17, 15) is 0 Å². The maximum atomic E-state index is 4.44. The molecule has 0 saturated carbocycles. The monoisotopic (exact) mass is 335 g/mol. The second-order valence-electron chi connectivity index (χ2n) is 4.93. The standard InChI is InChI=1S/C16H22BrN3/c1-4-18-15(12(3)13-9-7-6-8-10-13)16-14(17)11-19-20(16)5-2/h6-12,15,18H,4-5H2,1-3H3. The molecule has 0 saturated heterocycles. The highest BCUT2D eigenvalue weighted by molar-refractivity contribution is 9.10. The maximum Gasteiger partial charge on any atom is 0.0701 e. The number of aryl methyl sites for hydroxylation is 1. The van der Waals surface area contributed by atoms with E-state index < -0.39 is 0 Å². The van der Waals surface area contributed by atoms with Crippen molar-refractivity contribution >= 4 is 15.9 Å². The lowest BCUT2D eigenvalue weighted by molar-refractivity contribution is 0.437. The Bertz CT molecular complexity index is 536. The Morgan fingerprint density at radius 3 is 2.55 bits per heavy atom. The number of likely N-dealkylation sites (N-methyl/N-ethyl adjacent to an activating group) is 1. The molecule has 0 amide bonds. The molecule has 0 aliphatic rings. The van der Waals surface area contributed by atoms with E-state index in [0.717, 1.165) is 17.6 Å². The van der Waals surface area contributed by atoms with Crippen molar-refractivity contribution in [1.82, 2.24) is 15.1 Å². The molecule has 4 heteroatoms. The number of aromatic nitrogens is 2. The van der Waals surface area contributed by atoms with Gasteiger partial charge in [-0.2, -0.15) is 5.10 Å². The van der Waals surface area contributed by atoms with Crippen molar-refractivity contribution in [1.29, 1.82) is 0 Å². The number of halogens is 1. The van der Waals surface area contributed by atoms with Gasteiger partial charge in [-0.25, -0.2) is 0 Å². The van der Waals surface area contributed by atoms with Crippen LogP contribution in [0.3, 0.4) is 0 Å². The topological polar surface area (TPSA) is 29.9 Å². The van der Waals surface area contributed by atoms with Crippen LogP contribution in [0.1, 0.15) is 44.0 Å². The fraction of sp³-hybridized carbons (Fsp3) is 0.438. The van der Waals surface area contributed by atoms with Gasteiger partial charge in [0.2, 0.25) is 0 Å². The number of nitrogens with zero attached hydrogens (tertiary/aromatic N) is 2. The van der Waals surface area contributed by atoms with Gasteiger partial charge in [0.25, 0.3) is 0 Å². The minimum Gasteiger partial charge on any atom is -0.308 e. The van der Waals surface area contributed by atoms with Gasteiger partial charge in [-0.1, -0.05) is 44.2 Å². The van der Waals surface area contributed by atoms with E-state index in [1.54, 1.807) is 0 Å². The molecule has 1 N–H and O–H groups in total. The minimum absolute atomic E-state index is 0.249. The zero-order chi connectivity index (χ0) is 14.5. The highest BCUT2D eigenvalue weighted by Gasteiger charge is 2.25. The lowest BCUT2D eigenvalue weighted by Crippen LogP contribution is -2.28. The van der Waals surface area contributed by atoms with Crippen LogP contribution < -0.4 is 5.32 Å². The summed E-state index contributed by atoms with van der Waals surface area (Å²) in [6, 6.07) is 10.9. The zero-order valence-electron chi connectivity index (χ0n) is 12.3. The molecule has 0 spiro atoms. The largest absolute Gasteiger partial charge is 0.308 e. The molecule has 0 aliphatic heterocycles. The van der Waals surface area contributed by atoms with E-state index in [1.165, 1.54) is 11.3 Å². The third kappa shape index (κ3) is 3.13. The lowest BCUT2D eigenvalue weighted by atomic mass is 9.91. The van der Waals surface area contributed by atoms with Crippen molar-refractivity contribution in [2.24, 2.45) is 0 Å². The summed E-state index contributed by atoms with van der Waals surface area (Å²) in [5, 5.41) is 8.05. The highest BCUT2D eigenvalue weighted by atomic mass is 79.9. The van der Waals surface area contributed by atoms with Crippen molar-refractivity contribution in [3.05, 3.63) is 52.3 Å². The van der Waals surface area contributed by atoms with Crippen LogP contribution in [0.2, 0.25) is 0 Å². The van der Waals surface area contributed by atoms with Crippen LogP contribution in [-0.2, 0) is 6.54 Å². The van der Waals surface area contributed by atoms with Crippen molar-refractivity contribution in [2.75, 3.05) is 6.54 Å². The fourth-order valence-corrected chi connectivity index (χ4v) is 3.16. The lowest BCUT2D eigenvalue weighted by Gasteiger charge is -2.26. The van der Waals surface area contributed by atoms with Gasteiger partial charge in [-0.3, -0.25) is 4.68 Å². The van der Waals surface area contributed by atoms with E-state index in [1.807, 2.05) is 6.20 Å². The third-order valence-corrected chi connectivity index (χ3v) is 4.29. The Hall–Kier alpha value is -1.13. The van der Waals surface area contributed by atoms with Gasteiger partial charge in [0.05, 0.1) is 22.4 Å². The Balaban J connectivity index is 2.38. The minimum atomic E-state index is 0.249. The first-order valence-electron chi connectivity index (χ1n) is 7.18. The summed E-state index contributed by atoms with van der Waals surface area (Å²) in [6.07, 6.45) is 1.89. The molecule has 0 fully saturated rings. The molecule has 1 aromatic heterocycles. The predicted molar refractivity (Wildman–Crippen MR) is 86.9 cm³/mol. The molecular formula is C16H22BrN3. The molecule has 2 unspecified atom stereocenters. The van der Waals surface area contributed by atoms with Crippen LogP contribution in [-0.4, -0.2) is 16.3 Å². The van der Waals surface area contributed by atoms with E-state index in [4.69, 9.17) is 0 Å². The number of benzene rings is 1. The third-order valence-electron chi connectivity index (χ3n) is 3.68. The second kappa shape index (κ2) is 7.04. The molecule has 0 aliphatic carbocycles.